The van der Waals surface area contributed by atoms with Crippen LogP contribution in [0.2, 0.25) is 0 Å². The van der Waals surface area contributed by atoms with Crippen molar-refractivity contribution in [3.63, 3.8) is 0 Å². The van der Waals surface area contributed by atoms with E-state index in [0.29, 0.717) is 2.86 Å². The van der Waals surface area contributed by atoms with Gasteiger partial charge in [0.05, 0.1) is 0 Å². The summed E-state index contributed by atoms with van der Waals surface area (Å²) in [6.07, 6.45) is 13.0. The predicted molar refractivity (Wildman–Crippen MR) is 98.1 cm³/mol. The number of hydrogen-bond acceptors (Lipinski definition) is 0. The van der Waals surface area contributed by atoms with Crippen molar-refractivity contribution < 1.29 is 23.2 Å². The third-order valence-electron chi connectivity index (χ3n) is 4.50. The monoisotopic (exact) mass is 392 g/mol. The fourth-order valence-electron chi connectivity index (χ4n) is 3.27. The fraction of sp³-hybridized carbons (Fsp3) is 0.143. The number of aryl methyl sites for hydroxylation is 1. The van der Waals surface area contributed by atoms with Crippen LogP contribution in [0.1, 0.15) is 23.1 Å². The molecule has 0 spiro atoms. The molecule has 0 bridgehead atoms. The van der Waals surface area contributed by atoms with Crippen molar-refractivity contribution in [2.24, 2.45) is 0 Å². The number of hydrogen-bond donors (Lipinski definition) is 0. The second-order valence-corrected chi connectivity index (χ2v) is 13.1. The number of benzene rings is 2. The molecule has 0 amide bonds. The van der Waals surface area contributed by atoms with Crippen LogP contribution in [0.25, 0.3) is 6.08 Å². The molecule has 0 fully saturated rings. The minimum absolute atomic E-state index is 0.296. The second kappa shape index (κ2) is 6.47. The second-order valence-electron chi connectivity index (χ2n) is 6.12. The van der Waals surface area contributed by atoms with Gasteiger partial charge in [-0.15, -0.1) is 0 Å². The topological polar surface area (TPSA) is 0 Å². The average molecular weight is 394 g/mol. The Morgan fingerprint density at radius 1 is 1.04 bits per heavy atom. The third-order valence-corrected chi connectivity index (χ3v) is 11.6. The molecule has 0 saturated heterocycles. The van der Waals surface area contributed by atoms with E-state index in [4.69, 9.17) is 0 Å². The van der Waals surface area contributed by atoms with Crippen molar-refractivity contribution >= 4 is 20.0 Å². The Labute approximate surface area is 151 Å². The van der Waals surface area contributed by atoms with Gasteiger partial charge in [0, 0.05) is 0 Å². The van der Waals surface area contributed by atoms with Crippen molar-refractivity contribution in [3.8, 4) is 0 Å². The maximum atomic E-state index is 2.54. The molecule has 2 atom stereocenters. The van der Waals surface area contributed by atoms with Crippen LogP contribution in [0.3, 0.4) is 0 Å². The first-order valence-corrected chi connectivity index (χ1v) is 11.5. The van der Waals surface area contributed by atoms with E-state index in [1.165, 1.54) is 22.9 Å². The summed E-state index contributed by atoms with van der Waals surface area (Å²) < 4.78 is 2.01. The van der Waals surface area contributed by atoms with Gasteiger partial charge >= 0.3 is 152 Å². The van der Waals surface area contributed by atoms with E-state index in [9.17, 15) is 0 Å². The molecule has 0 aliphatic heterocycles. The van der Waals surface area contributed by atoms with Gasteiger partial charge in [-0.25, -0.2) is 0 Å². The summed E-state index contributed by atoms with van der Waals surface area (Å²) in [5.41, 5.74) is 4.43. The molecule has 0 aromatic heterocycles. The van der Waals surface area contributed by atoms with Gasteiger partial charge in [0.1, 0.15) is 0 Å². The molecule has 23 heavy (non-hydrogen) atoms. The van der Waals surface area contributed by atoms with E-state index in [-0.39, 0.29) is 0 Å². The van der Waals surface area contributed by atoms with Gasteiger partial charge in [0.2, 0.25) is 0 Å². The Kier molecular flexibility index (Phi) is 4.36. The van der Waals surface area contributed by atoms with Crippen molar-refractivity contribution in [1.29, 1.82) is 0 Å². The number of allylic oxidation sites excluding steroid dienone is 5. The Bertz CT molecular complexity index is 831. The van der Waals surface area contributed by atoms with Crippen LogP contribution in [-0.2, 0) is 26.1 Å². The zero-order chi connectivity index (χ0) is 15.7. The molecule has 2 aromatic carbocycles. The van der Waals surface area contributed by atoms with Crippen LogP contribution in [0.4, 0.5) is 0 Å². The Hall–Kier alpha value is -1.03. The van der Waals surface area contributed by atoms with E-state index in [2.05, 4.69) is 85.8 Å². The normalized spacial score (nSPS) is 21.9. The zero-order valence-corrected chi connectivity index (χ0v) is 16.7. The summed E-state index contributed by atoms with van der Waals surface area (Å²) >= 11 is -0.726. The molecule has 2 aromatic rings. The third kappa shape index (κ3) is 3.02. The van der Waals surface area contributed by atoms with Crippen LogP contribution in [-0.4, -0.2) is 0 Å². The molecule has 112 valence electrons. The van der Waals surface area contributed by atoms with E-state index >= 15 is 0 Å². The molecule has 0 heterocycles. The molecular formula is C21H19PZr. The van der Waals surface area contributed by atoms with Gasteiger partial charge in [-0.2, -0.15) is 0 Å². The molecule has 0 N–H and O–H groups in total. The number of fused-ring (bicyclic) bond motifs is 1. The average Bonchev–Trinajstić information content (AvgIpc) is 3.19. The number of rotatable bonds is 4. The van der Waals surface area contributed by atoms with Crippen LogP contribution in [0.15, 0.2) is 76.1 Å². The van der Waals surface area contributed by atoms with Gasteiger partial charge in [0.15, 0.2) is 0 Å². The van der Waals surface area contributed by atoms with Gasteiger partial charge in [0.25, 0.3) is 0 Å². The summed E-state index contributed by atoms with van der Waals surface area (Å²) in [6, 6.07) is 17.9. The van der Waals surface area contributed by atoms with Gasteiger partial charge < -0.3 is 0 Å². The van der Waals surface area contributed by atoms with Crippen LogP contribution in [0.5, 0.6) is 0 Å². The summed E-state index contributed by atoms with van der Waals surface area (Å²) in [4.78, 5) is 0. The minimum atomic E-state index is -0.726. The van der Waals surface area contributed by atoms with Crippen molar-refractivity contribution in [1.82, 2.24) is 0 Å². The Balaban J connectivity index is 1.76. The van der Waals surface area contributed by atoms with E-state index in [0.717, 1.165) is 8.58 Å². The first-order valence-electron chi connectivity index (χ1n) is 8.03. The molecule has 4 rings (SSSR count). The van der Waals surface area contributed by atoms with Gasteiger partial charge in [-0.3, -0.25) is 0 Å². The van der Waals surface area contributed by atoms with Crippen molar-refractivity contribution in [3.05, 3.63) is 92.8 Å². The van der Waals surface area contributed by atoms with Crippen LogP contribution < -0.4 is 5.30 Å². The molecule has 2 aliphatic carbocycles. The summed E-state index contributed by atoms with van der Waals surface area (Å²) in [5.74, 6) is 0. The van der Waals surface area contributed by atoms with Crippen LogP contribution >= 0.6 is 8.58 Å². The molecule has 0 saturated carbocycles. The summed E-state index contributed by atoms with van der Waals surface area (Å²) in [7, 11) is 0.841. The van der Waals surface area contributed by atoms with Crippen molar-refractivity contribution in [2.75, 3.05) is 0 Å². The molecule has 2 heteroatoms. The van der Waals surface area contributed by atoms with E-state index in [1.54, 1.807) is 8.84 Å². The maximum absolute atomic E-state index is 2.54. The fourth-order valence-corrected chi connectivity index (χ4v) is 10.7. The molecule has 2 unspecified atom stereocenters. The van der Waals surface area contributed by atoms with E-state index < -0.39 is 23.2 Å². The van der Waals surface area contributed by atoms with Gasteiger partial charge in [-0.05, 0) is 0 Å². The molecule has 0 nitrogen and oxygen atoms in total. The zero-order valence-electron chi connectivity index (χ0n) is 13.2. The quantitative estimate of drug-likeness (QED) is 0.634. The summed E-state index contributed by atoms with van der Waals surface area (Å²) in [5, 5.41) is 1.53. The van der Waals surface area contributed by atoms with E-state index in [1.807, 2.05) is 0 Å². The Morgan fingerprint density at radius 3 is 2.70 bits per heavy atom. The standard InChI is InChI=1S/C16H14P.C5H5.Zr/c1-12-6-2-5-9-15(12)17-16-11-10-13-7-3-4-8-14(13)16;1-2-4-5-3-1;/h2-11,17H,1H3;1-3H,4H2;. The Morgan fingerprint density at radius 2 is 1.87 bits per heavy atom. The first-order chi connectivity index (χ1) is 11.3. The first kappa shape index (κ1) is 15.5. The summed E-state index contributed by atoms with van der Waals surface area (Å²) in [6.45, 7) is 2.25. The molecule has 2 aliphatic rings. The molecule has 0 radical (unpaired) electrons. The molecular weight excluding hydrogens is 374 g/mol. The van der Waals surface area contributed by atoms with Crippen molar-refractivity contribution in [2.45, 2.75) is 16.2 Å². The van der Waals surface area contributed by atoms with Gasteiger partial charge in [-0.1, -0.05) is 0 Å². The predicted octanol–water partition coefficient (Wildman–Crippen LogP) is 5.10. The SMILES string of the molecule is Cc1ccccc1P[C]1([Zr][C]2=CC=CC2)C=Cc2ccccc21. The van der Waals surface area contributed by atoms with Crippen LogP contribution in [0, 0.1) is 6.92 Å².